The lowest BCUT2D eigenvalue weighted by Gasteiger charge is -2.06. The van der Waals surface area contributed by atoms with Gasteiger partial charge in [-0.3, -0.25) is 39.9 Å². The molecule has 17 nitrogen and oxygen atoms in total. The molecule has 0 saturated heterocycles. The number of amides is 2. The Morgan fingerprint density at radius 3 is 1.57 bits per heavy atom. The average Bonchev–Trinajstić information content (AvgIpc) is 3.70. The van der Waals surface area contributed by atoms with Crippen LogP contribution in [-0.2, 0) is 4.79 Å². The van der Waals surface area contributed by atoms with Gasteiger partial charge < -0.3 is 26.2 Å². The van der Waals surface area contributed by atoms with Crippen LogP contribution in [0.2, 0.25) is 15.1 Å². The van der Waals surface area contributed by atoms with Crippen molar-refractivity contribution in [1.29, 1.82) is 0 Å². The first-order chi connectivity index (χ1) is 31.8. The van der Waals surface area contributed by atoms with E-state index in [0.29, 0.717) is 33.4 Å². The van der Waals surface area contributed by atoms with Crippen LogP contribution in [0, 0.1) is 79.8 Å². The lowest BCUT2D eigenvalue weighted by atomic mass is 10.2. The molecule has 5 rings (SSSR count). The van der Waals surface area contributed by atoms with Gasteiger partial charge in [0.05, 0.1) is 29.8 Å². The quantitative estimate of drug-likeness (QED) is 0.0316. The van der Waals surface area contributed by atoms with Crippen molar-refractivity contribution in [2.45, 2.75) is 27.7 Å². The van der Waals surface area contributed by atoms with Crippen molar-refractivity contribution in [2.24, 2.45) is 0 Å². The molecule has 0 spiro atoms. The number of anilines is 4. The number of nitrogen functional groups attached to an aromatic ring is 1. The molecule has 0 aliphatic carbocycles. The zero-order valence-corrected chi connectivity index (χ0v) is 40.3. The van der Waals surface area contributed by atoms with Gasteiger partial charge in [0.1, 0.15) is 34.1 Å². The molecule has 5 aromatic rings. The van der Waals surface area contributed by atoms with Gasteiger partial charge in [-0.15, -0.1) is 35.9 Å². The monoisotopic (exact) mass is 1050 g/mol. The molecule has 0 unspecified atom stereocenters. The van der Waals surface area contributed by atoms with E-state index in [9.17, 15) is 57.5 Å². The molecule has 0 bridgehead atoms. The van der Waals surface area contributed by atoms with Crippen LogP contribution in [0.5, 0.6) is 0 Å². The third kappa shape index (κ3) is 27.0. The van der Waals surface area contributed by atoms with E-state index in [4.69, 9.17) is 45.1 Å². The number of benzene rings is 4. The Bertz CT molecular complexity index is 2620. The Balaban J connectivity index is 0.000000833. The largest absolute Gasteiger partial charge is 0.399 e. The van der Waals surface area contributed by atoms with Gasteiger partial charge in [0.2, 0.25) is 6.20 Å². The summed E-state index contributed by atoms with van der Waals surface area (Å²) in [6, 6.07) is 17.5. The SMILES string of the molecule is C#CC.CS/C(=C\[N+](=O)[O-])Nc1ccc(F)c(Cl)c1.CS/C(C)=C/[N+](=O)[O-].Cc1cc(C(=O)Nc2ccc(F)c(C)c2)no1.Nc1ccc(F)c(Cl)c1.O=C(C[N+](=O)[O-])Nc1ccc(F)c(Cl)c1. The highest BCUT2D eigenvalue weighted by atomic mass is 35.5. The van der Waals surface area contributed by atoms with Gasteiger partial charge >= 0.3 is 0 Å². The minimum Gasteiger partial charge on any atom is -0.399 e. The molecule has 1 heterocycles. The molecule has 68 heavy (non-hydrogen) atoms. The van der Waals surface area contributed by atoms with Gasteiger partial charge in [-0.25, -0.2) is 17.6 Å². The van der Waals surface area contributed by atoms with Gasteiger partial charge in [-0.05, 0) is 119 Å². The second-order valence-corrected chi connectivity index (χ2v) is 15.5. The molecule has 4 aromatic carbocycles. The minimum absolute atomic E-state index is 0.0356. The summed E-state index contributed by atoms with van der Waals surface area (Å²) >= 11 is 18.9. The summed E-state index contributed by atoms with van der Waals surface area (Å²) in [6.45, 7) is 5.85. The Kier molecular flexibility index (Phi) is 29.5. The van der Waals surface area contributed by atoms with Gasteiger partial charge in [-0.2, -0.15) is 0 Å². The zero-order valence-electron chi connectivity index (χ0n) is 36.4. The third-order valence-electron chi connectivity index (χ3n) is 6.94. The number of terminal acetylenes is 1. The Hall–Kier alpha value is -6.84. The predicted molar refractivity (Wildman–Crippen MR) is 260 cm³/mol. The van der Waals surface area contributed by atoms with Crippen LogP contribution in [0.25, 0.3) is 0 Å². The maximum absolute atomic E-state index is 13.0. The molecule has 0 atom stereocenters. The number of thioether (sulfide) groups is 2. The maximum Gasteiger partial charge on any atom is 0.296 e. The van der Waals surface area contributed by atoms with E-state index in [0.717, 1.165) is 23.4 Å². The molecule has 2 amide bonds. The van der Waals surface area contributed by atoms with Gasteiger partial charge in [0.15, 0.2) is 5.69 Å². The summed E-state index contributed by atoms with van der Waals surface area (Å²) in [4.78, 5) is 51.5. The van der Waals surface area contributed by atoms with Gasteiger partial charge in [-0.1, -0.05) is 40.0 Å². The summed E-state index contributed by atoms with van der Waals surface area (Å²) in [6.07, 6.45) is 9.91. The standard InChI is InChI=1S/C12H11FN2O2.C9H8ClFN2O2S.C8H6ClFN2O3.C6H5ClFN.C4H7NO2S.C3H4/c1-7-5-9(3-4-10(7)13)14-12(16)11-6-8(2)17-15-11;1-16-9(5-13(14)15)12-6-2-3-8(11)7(10)4-6;9-6-3-5(1-2-7(6)10)11-8(13)4-12(14)15;7-5-3-4(9)1-2-6(5)8;1-4(8-2)3-5(6)7;1-3-2/h3-6H,1-2H3,(H,14,16);2-5,12H,1H3;1-3H,4H2,(H,11,13);1-3H,9H2;3H,1-2H3;1H,2H3/b;9-5-;;;4-3+;. The molecule has 0 aliphatic heterocycles. The Morgan fingerprint density at radius 2 is 1.21 bits per heavy atom. The van der Waals surface area contributed by atoms with E-state index in [1.807, 2.05) is 0 Å². The second-order valence-electron chi connectivity index (χ2n) is 12.3. The van der Waals surface area contributed by atoms with Crippen LogP contribution in [0.1, 0.15) is 35.7 Å². The highest BCUT2D eigenvalue weighted by Gasteiger charge is 2.12. The van der Waals surface area contributed by atoms with Crippen molar-refractivity contribution >= 4 is 92.9 Å². The second kappa shape index (κ2) is 32.8. The molecule has 5 N–H and O–H groups in total. The first-order valence-corrected chi connectivity index (χ1v) is 21.9. The number of allylic oxidation sites excluding steroid dienone is 1. The molecule has 26 heteroatoms. The molecular weight excluding hydrogens is 1010 g/mol. The number of hydrogen-bond acceptors (Lipinski definition) is 14. The molecular formula is C42H41Cl3F4N8O9S2. The van der Waals surface area contributed by atoms with Crippen molar-refractivity contribution in [3.05, 3.63) is 187 Å². The number of carbonyl (C=O) groups is 2. The van der Waals surface area contributed by atoms with E-state index in [-0.39, 0.29) is 38.2 Å². The van der Waals surface area contributed by atoms with Crippen molar-refractivity contribution in [1.82, 2.24) is 5.16 Å². The number of aryl methyl sites for hydroxylation is 2. The summed E-state index contributed by atoms with van der Waals surface area (Å²) in [5, 5.41) is 41.3. The normalized spacial score (nSPS) is 10.1. The van der Waals surface area contributed by atoms with Crippen LogP contribution in [0.3, 0.4) is 0 Å². The van der Waals surface area contributed by atoms with Crippen LogP contribution < -0.4 is 21.7 Å². The number of carbonyl (C=O) groups excluding carboxylic acids is 2. The number of nitrogens with one attached hydrogen (secondary N) is 3. The fourth-order valence-electron chi connectivity index (χ4n) is 3.94. The van der Waals surface area contributed by atoms with Crippen molar-refractivity contribution in [3.63, 3.8) is 0 Å². The van der Waals surface area contributed by atoms with Crippen LogP contribution >= 0.6 is 58.3 Å². The van der Waals surface area contributed by atoms with Crippen LogP contribution in [0.4, 0.5) is 40.3 Å². The number of nitrogens with zero attached hydrogens (tertiary/aromatic N) is 4. The number of hydrogen-bond donors (Lipinski definition) is 4. The van der Waals surface area contributed by atoms with E-state index in [1.54, 1.807) is 46.3 Å². The molecule has 1 aromatic heterocycles. The zero-order chi connectivity index (χ0) is 52.1. The highest BCUT2D eigenvalue weighted by Crippen LogP contribution is 2.23. The number of aromatic nitrogens is 1. The average molecular weight is 1050 g/mol. The van der Waals surface area contributed by atoms with Crippen molar-refractivity contribution in [3.8, 4) is 12.3 Å². The summed E-state index contributed by atoms with van der Waals surface area (Å²) in [7, 11) is 0. The maximum atomic E-state index is 13.0. The van der Waals surface area contributed by atoms with Crippen LogP contribution in [-0.4, -0.2) is 50.8 Å². The first-order valence-electron chi connectivity index (χ1n) is 18.3. The van der Waals surface area contributed by atoms with Crippen LogP contribution in [0.15, 0.2) is 106 Å². The number of rotatable bonds is 11. The Morgan fingerprint density at radius 1 is 0.750 bits per heavy atom. The van der Waals surface area contributed by atoms with Gasteiger partial charge in [0.25, 0.3) is 24.6 Å². The summed E-state index contributed by atoms with van der Waals surface area (Å²) in [5.41, 5.74) is 7.65. The molecule has 0 aliphatic rings. The topological polar surface area (TPSA) is 252 Å². The number of nitrogens with two attached hydrogens (primary N) is 1. The minimum atomic E-state index is -0.838. The lowest BCUT2D eigenvalue weighted by Crippen LogP contribution is -2.21. The number of nitro groups is 3. The van der Waals surface area contributed by atoms with Gasteiger partial charge in [0, 0.05) is 33.7 Å². The fraction of sp³-hybridized carbons (Fsp3) is 0.167. The van der Waals surface area contributed by atoms with E-state index in [1.165, 1.54) is 90.3 Å². The lowest BCUT2D eigenvalue weighted by molar-refractivity contribution is -0.467. The Labute approximate surface area is 410 Å². The highest BCUT2D eigenvalue weighted by molar-refractivity contribution is 8.02. The smallest absolute Gasteiger partial charge is 0.296 e. The molecule has 0 fully saturated rings. The van der Waals surface area contributed by atoms with E-state index in [2.05, 4.69) is 33.5 Å². The molecule has 0 saturated carbocycles. The third-order valence-corrected chi connectivity index (χ3v) is 9.20. The first kappa shape index (κ1) is 61.2. The van der Waals surface area contributed by atoms with Crippen molar-refractivity contribution in [2.75, 3.05) is 40.7 Å². The predicted octanol–water partition coefficient (Wildman–Crippen LogP) is 11.9. The molecule has 364 valence electrons. The summed E-state index contributed by atoms with van der Waals surface area (Å²) in [5.74, 6) is -0.257. The van der Waals surface area contributed by atoms with Crippen molar-refractivity contribution < 1.29 is 46.4 Å². The van der Waals surface area contributed by atoms with E-state index >= 15 is 0 Å². The number of halogens is 7. The van der Waals surface area contributed by atoms with E-state index < -0.39 is 44.7 Å². The summed E-state index contributed by atoms with van der Waals surface area (Å²) < 4.78 is 55.7. The molecule has 0 radical (unpaired) electrons. The fourth-order valence-corrected chi connectivity index (χ4v) is 5.10.